The number of aryl methyl sites for hydroxylation is 1. The molecule has 3 rings (SSSR count). The van der Waals surface area contributed by atoms with Crippen molar-refractivity contribution in [3.8, 4) is 0 Å². The first-order valence-electron chi connectivity index (χ1n) is 5.87. The standard InChI is InChI=1S/C12H14BN4O/c1-8-11-12(18)16(13-15(2)3)7-9-5-4-6-10(14-8)17(9)11/h4-6H,7H2,1-3H3. The lowest BCUT2D eigenvalue weighted by atomic mass is 10.0. The Labute approximate surface area is 106 Å². The van der Waals surface area contributed by atoms with Crippen molar-refractivity contribution in [2.45, 2.75) is 13.5 Å². The second kappa shape index (κ2) is 3.85. The summed E-state index contributed by atoms with van der Waals surface area (Å²) in [6.45, 7) is 2.46. The van der Waals surface area contributed by atoms with Crippen LogP contribution in [-0.2, 0) is 6.54 Å². The van der Waals surface area contributed by atoms with Gasteiger partial charge in [0.1, 0.15) is 11.3 Å². The van der Waals surface area contributed by atoms with Crippen LogP contribution in [0.3, 0.4) is 0 Å². The van der Waals surface area contributed by atoms with Gasteiger partial charge in [-0.2, -0.15) is 0 Å². The maximum Gasteiger partial charge on any atom is 0.354 e. The fourth-order valence-electron chi connectivity index (χ4n) is 2.40. The van der Waals surface area contributed by atoms with E-state index in [9.17, 15) is 4.79 Å². The number of amides is 1. The molecule has 0 aromatic carbocycles. The number of carbonyl (C=O) groups is 1. The molecule has 18 heavy (non-hydrogen) atoms. The highest BCUT2D eigenvalue weighted by molar-refractivity contribution is 6.35. The molecule has 6 heteroatoms. The third-order valence-electron chi connectivity index (χ3n) is 3.06. The van der Waals surface area contributed by atoms with Crippen LogP contribution in [0, 0.1) is 6.92 Å². The molecule has 5 nitrogen and oxygen atoms in total. The summed E-state index contributed by atoms with van der Waals surface area (Å²) in [7, 11) is 5.64. The van der Waals surface area contributed by atoms with E-state index in [4.69, 9.17) is 0 Å². The minimum atomic E-state index is 0.00685. The number of aromatic nitrogens is 2. The first-order valence-corrected chi connectivity index (χ1v) is 5.87. The molecular weight excluding hydrogens is 227 g/mol. The Hall–Kier alpha value is -1.82. The van der Waals surface area contributed by atoms with Gasteiger partial charge in [0.25, 0.3) is 5.91 Å². The molecule has 3 heterocycles. The third-order valence-corrected chi connectivity index (χ3v) is 3.06. The molecule has 2 aromatic rings. The smallest absolute Gasteiger partial charge is 0.354 e. The van der Waals surface area contributed by atoms with Crippen molar-refractivity contribution >= 4 is 19.1 Å². The Morgan fingerprint density at radius 3 is 2.89 bits per heavy atom. The summed E-state index contributed by atoms with van der Waals surface area (Å²) in [6, 6.07) is 5.93. The maximum absolute atomic E-state index is 12.4. The van der Waals surface area contributed by atoms with Crippen LogP contribution in [0.5, 0.6) is 0 Å². The van der Waals surface area contributed by atoms with Crippen LogP contribution in [0.2, 0.25) is 0 Å². The van der Waals surface area contributed by atoms with Gasteiger partial charge in [0.05, 0.1) is 12.2 Å². The average molecular weight is 241 g/mol. The van der Waals surface area contributed by atoms with Gasteiger partial charge >= 0.3 is 7.55 Å². The zero-order chi connectivity index (χ0) is 12.9. The summed E-state index contributed by atoms with van der Waals surface area (Å²) in [5.41, 5.74) is 3.38. The molecule has 0 atom stereocenters. The summed E-state index contributed by atoms with van der Waals surface area (Å²) >= 11 is 0. The first kappa shape index (κ1) is 11.3. The lowest BCUT2D eigenvalue weighted by Gasteiger charge is -2.29. The van der Waals surface area contributed by atoms with E-state index in [0.717, 1.165) is 17.0 Å². The lowest BCUT2D eigenvalue weighted by molar-refractivity contribution is 0.0822. The highest BCUT2D eigenvalue weighted by atomic mass is 16.2. The fourth-order valence-corrected chi connectivity index (χ4v) is 2.40. The predicted molar refractivity (Wildman–Crippen MR) is 69.2 cm³/mol. The Morgan fingerprint density at radius 1 is 1.39 bits per heavy atom. The molecule has 1 aliphatic rings. The molecule has 0 spiro atoms. The summed E-state index contributed by atoms with van der Waals surface area (Å²) in [6.07, 6.45) is 0. The Bertz CT molecular complexity index is 634. The quantitative estimate of drug-likeness (QED) is 0.726. The zero-order valence-electron chi connectivity index (χ0n) is 10.7. The van der Waals surface area contributed by atoms with E-state index in [0.29, 0.717) is 12.2 Å². The largest absolute Gasteiger partial charge is 0.364 e. The molecule has 0 bridgehead atoms. The molecule has 2 aromatic heterocycles. The van der Waals surface area contributed by atoms with E-state index in [-0.39, 0.29) is 5.91 Å². The molecule has 0 N–H and O–H groups in total. The first-order chi connectivity index (χ1) is 8.58. The van der Waals surface area contributed by atoms with Crippen molar-refractivity contribution < 1.29 is 4.79 Å². The highest BCUT2D eigenvalue weighted by Crippen LogP contribution is 2.22. The second-order valence-corrected chi connectivity index (χ2v) is 4.77. The van der Waals surface area contributed by atoms with Crippen molar-refractivity contribution in [2.24, 2.45) is 0 Å². The van der Waals surface area contributed by atoms with E-state index >= 15 is 0 Å². The summed E-state index contributed by atoms with van der Waals surface area (Å²) in [5.74, 6) is 0.00685. The van der Waals surface area contributed by atoms with Gasteiger partial charge in [-0.25, -0.2) is 4.98 Å². The van der Waals surface area contributed by atoms with E-state index in [1.165, 1.54) is 0 Å². The number of pyridine rings is 1. The van der Waals surface area contributed by atoms with Crippen LogP contribution in [-0.4, -0.2) is 46.6 Å². The number of carbonyl (C=O) groups excluding carboxylic acids is 1. The fraction of sp³-hybridized carbons (Fsp3) is 0.333. The highest BCUT2D eigenvalue weighted by Gasteiger charge is 2.29. The van der Waals surface area contributed by atoms with Gasteiger partial charge in [0.15, 0.2) is 0 Å². The second-order valence-electron chi connectivity index (χ2n) is 4.77. The van der Waals surface area contributed by atoms with Crippen molar-refractivity contribution in [1.29, 1.82) is 0 Å². The molecule has 0 unspecified atom stereocenters. The monoisotopic (exact) mass is 241 g/mol. The van der Waals surface area contributed by atoms with Gasteiger partial charge in [-0.1, -0.05) is 6.07 Å². The van der Waals surface area contributed by atoms with Gasteiger partial charge in [-0.3, -0.25) is 9.20 Å². The molecular formula is C12H14BN4O. The summed E-state index contributed by atoms with van der Waals surface area (Å²) in [5, 5.41) is 0. The third kappa shape index (κ3) is 1.53. The van der Waals surface area contributed by atoms with Crippen LogP contribution in [0.1, 0.15) is 21.9 Å². The molecule has 0 saturated carbocycles. The van der Waals surface area contributed by atoms with Gasteiger partial charge in [-0.05, 0) is 33.2 Å². The number of imidazole rings is 1. The van der Waals surface area contributed by atoms with Crippen LogP contribution in [0.15, 0.2) is 18.2 Å². The Morgan fingerprint density at radius 2 is 2.17 bits per heavy atom. The normalized spacial score (nSPS) is 14.7. The number of nitrogens with zero attached hydrogens (tertiary/aromatic N) is 4. The van der Waals surface area contributed by atoms with Crippen LogP contribution >= 0.6 is 0 Å². The molecule has 91 valence electrons. The molecule has 0 aliphatic carbocycles. The van der Waals surface area contributed by atoms with E-state index in [1.807, 2.05) is 56.0 Å². The topological polar surface area (TPSA) is 40.9 Å². The van der Waals surface area contributed by atoms with Crippen molar-refractivity contribution in [1.82, 2.24) is 19.0 Å². The van der Waals surface area contributed by atoms with Gasteiger partial charge in [0, 0.05) is 5.69 Å². The maximum atomic E-state index is 12.4. The molecule has 1 amide bonds. The molecule has 0 saturated heterocycles. The molecule has 1 aliphatic heterocycles. The number of hydrogen-bond acceptors (Lipinski definition) is 3. The van der Waals surface area contributed by atoms with Gasteiger partial charge in [-0.15, -0.1) is 0 Å². The van der Waals surface area contributed by atoms with E-state index in [1.54, 1.807) is 4.81 Å². The van der Waals surface area contributed by atoms with E-state index in [2.05, 4.69) is 4.98 Å². The Balaban J connectivity index is 2.16. The summed E-state index contributed by atoms with van der Waals surface area (Å²) in [4.78, 5) is 20.5. The van der Waals surface area contributed by atoms with Crippen LogP contribution in [0.4, 0.5) is 0 Å². The van der Waals surface area contributed by atoms with Crippen molar-refractivity contribution in [3.63, 3.8) is 0 Å². The van der Waals surface area contributed by atoms with Crippen LogP contribution in [0.25, 0.3) is 5.65 Å². The predicted octanol–water partition coefficient (Wildman–Crippen LogP) is 0.694. The zero-order valence-corrected chi connectivity index (χ0v) is 10.7. The van der Waals surface area contributed by atoms with Crippen LogP contribution < -0.4 is 0 Å². The number of hydrogen-bond donors (Lipinski definition) is 0. The summed E-state index contributed by atoms with van der Waals surface area (Å²) < 4.78 is 1.96. The van der Waals surface area contributed by atoms with Crippen molar-refractivity contribution in [2.75, 3.05) is 14.1 Å². The van der Waals surface area contributed by atoms with E-state index < -0.39 is 0 Å². The minimum Gasteiger partial charge on any atom is -0.364 e. The number of rotatable bonds is 2. The van der Waals surface area contributed by atoms with Crippen molar-refractivity contribution in [3.05, 3.63) is 35.3 Å². The molecule has 0 fully saturated rings. The Kier molecular flexibility index (Phi) is 2.41. The minimum absolute atomic E-state index is 0.00685. The SMILES string of the molecule is Cc1nc2cccc3n2c1C(=O)N([B]N(C)C)C3. The average Bonchev–Trinajstić information content (AvgIpc) is 2.63. The van der Waals surface area contributed by atoms with Gasteiger partial charge < -0.3 is 9.62 Å². The molecule has 1 radical (unpaired) electrons. The van der Waals surface area contributed by atoms with Gasteiger partial charge in [0.2, 0.25) is 0 Å². The lowest BCUT2D eigenvalue weighted by Crippen LogP contribution is -2.44.